The van der Waals surface area contributed by atoms with Gasteiger partial charge in [0.2, 0.25) is 0 Å². The Morgan fingerprint density at radius 2 is 2.31 bits per heavy atom. The molecule has 0 aromatic carbocycles. The molecule has 72 valence electrons. The third-order valence-corrected chi connectivity index (χ3v) is 2.74. The van der Waals surface area contributed by atoms with E-state index in [-0.39, 0.29) is 11.7 Å². The van der Waals surface area contributed by atoms with Crippen LogP contribution >= 0.6 is 11.8 Å². The molecular weight excluding hydrogens is 192 g/mol. The second-order valence-electron chi connectivity index (χ2n) is 2.59. The van der Waals surface area contributed by atoms with Crippen molar-refractivity contribution in [2.75, 3.05) is 12.4 Å². The minimum Gasteiger partial charge on any atom is -0.460 e. The molecule has 4 nitrogen and oxygen atoms in total. The maximum absolute atomic E-state index is 11.2. The molecule has 1 fully saturated rings. The van der Waals surface area contributed by atoms with E-state index in [1.165, 1.54) is 0 Å². The monoisotopic (exact) mass is 202 g/mol. The van der Waals surface area contributed by atoms with Gasteiger partial charge >= 0.3 is 5.97 Å². The van der Waals surface area contributed by atoms with Gasteiger partial charge in [0.05, 0.1) is 12.5 Å². The zero-order valence-electron chi connectivity index (χ0n) is 7.24. The Morgan fingerprint density at radius 1 is 1.62 bits per heavy atom. The lowest BCUT2D eigenvalue weighted by molar-refractivity contribution is -0.156. The van der Waals surface area contributed by atoms with Crippen molar-refractivity contribution in [3.63, 3.8) is 0 Å². The van der Waals surface area contributed by atoms with Gasteiger partial charge in [-0.3, -0.25) is 9.59 Å². The van der Waals surface area contributed by atoms with E-state index in [1.54, 1.807) is 6.92 Å². The highest BCUT2D eigenvalue weighted by Crippen LogP contribution is 2.26. The second kappa shape index (κ2) is 4.41. The molecule has 0 aromatic heterocycles. The van der Waals surface area contributed by atoms with Crippen LogP contribution in [0.2, 0.25) is 0 Å². The topological polar surface area (TPSA) is 60.4 Å². The zero-order valence-corrected chi connectivity index (χ0v) is 8.06. The summed E-state index contributed by atoms with van der Waals surface area (Å²) in [6, 6.07) is 0. The van der Waals surface area contributed by atoms with E-state index in [2.05, 4.69) is 4.74 Å². The van der Waals surface area contributed by atoms with E-state index in [4.69, 9.17) is 0 Å². The van der Waals surface area contributed by atoms with Crippen LogP contribution in [-0.4, -0.2) is 29.2 Å². The maximum Gasteiger partial charge on any atom is 0.375 e. The third-order valence-electron chi connectivity index (χ3n) is 1.73. The van der Waals surface area contributed by atoms with Gasteiger partial charge in [0.25, 0.3) is 5.78 Å². The molecule has 0 bridgehead atoms. The molecule has 1 rings (SSSR count). The first-order chi connectivity index (χ1) is 6.16. The van der Waals surface area contributed by atoms with Crippen molar-refractivity contribution >= 4 is 28.6 Å². The molecule has 0 radical (unpaired) electrons. The number of ether oxygens (including phenoxy) is 1. The van der Waals surface area contributed by atoms with Gasteiger partial charge in [-0.1, -0.05) is 11.8 Å². The van der Waals surface area contributed by atoms with Crippen molar-refractivity contribution in [2.24, 2.45) is 5.92 Å². The highest BCUT2D eigenvalue weighted by Gasteiger charge is 2.36. The van der Waals surface area contributed by atoms with Gasteiger partial charge in [-0.15, -0.1) is 0 Å². The molecule has 0 aliphatic carbocycles. The summed E-state index contributed by atoms with van der Waals surface area (Å²) >= 11 is 1.10. The van der Waals surface area contributed by atoms with Crippen LogP contribution in [0.3, 0.4) is 0 Å². The molecule has 0 amide bonds. The first kappa shape index (κ1) is 10.2. The van der Waals surface area contributed by atoms with Crippen LogP contribution in [0.1, 0.15) is 13.3 Å². The van der Waals surface area contributed by atoms with Crippen LogP contribution in [0.25, 0.3) is 0 Å². The predicted molar refractivity (Wildman–Crippen MR) is 47.2 cm³/mol. The number of thioether (sulfide) groups is 1. The summed E-state index contributed by atoms with van der Waals surface area (Å²) in [6.07, 6.45) is 0.459. The molecule has 5 heteroatoms. The lowest BCUT2D eigenvalue weighted by Gasteiger charge is -2.04. The molecule has 0 saturated carbocycles. The summed E-state index contributed by atoms with van der Waals surface area (Å²) in [5.41, 5.74) is 0. The van der Waals surface area contributed by atoms with Gasteiger partial charge in [-0.25, -0.2) is 4.79 Å². The molecule has 1 heterocycles. The number of Topliss-reactive ketones (excluding diaryl/α,β-unsaturated/α-hetero) is 1. The molecular formula is C8H10O4S. The van der Waals surface area contributed by atoms with Crippen molar-refractivity contribution in [3.05, 3.63) is 0 Å². The van der Waals surface area contributed by atoms with Crippen molar-refractivity contribution < 1.29 is 19.1 Å². The van der Waals surface area contributed by atoms with E-state index in [0.29, 0.717) is 12.2 Å². The maximum atomic E-state index is 11.2. The average molecular weight is 202 g/mol. The lowest BCUT2D eigenvalue weighted by atomic mass is 10.0. The highest BCUT2D eigenvalue weighted by atomic mass is 32.2. The first-order valence-corrected chi connectivity index (χ1v) is 5.03. The van der Waals surface area contributed by atoms with E-state index >= 15 is 0 Å². The molecule has 1 aliphatic heterocycles. The number of hydrogen-bond acceptors (Lipinski definition) is 5. The zero-order chi connectivity index (χ0) is 9.84. The number of carbonyl (C=O) groups is 3. The largest absolute Gasteiger partial charge is 0.460 e. The molecule has 1 unspecified atom stereocenters. The highest BCUT2D eigenvalue weighted by molar-refractivity contribution is 8.14. The molecule has 0 spiro atoms. The quantitative estimate of drug-likeness (QED) is 0.376. The van der Waals surface area contributed by atoms with E-state index < -0.39 is 17.7 Å². The van der Waals surface area contributed by atoms with Crippen molar-refractivity contribution in [2.45, 2.75) is 13.3 Å². The summed E-state index contributed by atoms with van der Waals surface area (Å²) in [4.78, 5) is 33.2. The van der Waals surface area contributed by atoms with Crippen molar-refractivity contribution in [1.29, 1.82) is 0 Å². The Bertz CT molecular complexity index is 249. The van der Waals surface area contributed by atoms with Crippen molar-refractivity contribution in [1.82, 2.24) is 0 Å². The fourth-order valence-electron chi connectivity index (χ4n) is 1.08. The molecule has 0 aromatic rings. The predicted octanol–water partition coefficient (Wildman–Crippen LogP) is 0.398. The van der Waals surface area contributed by atoms with E-state index in [9.17, 15) is 14.4 Å². The summed E-state index contributed by atoms with van der Waals surface area (Å²) in [5, 5.41) is -0.210. The lowest BCUT2D eigenvalue weighted by Crippen LogP contribution is -2.27. The first-order valence-electron chi connectivity index (χ1n) is 4.04. The number of rotatable bonds is 3. The van der Waals surface area contributed by atoms with Crippen LogP contribution in [-0.2, 0) is 19.1 Å². The number of hydrogen-bond donors (Lipinski definition) is 0. The van der Waals surface area contributed by atoms with Crippen LogP contribution in [0.5, 0.6) is 0 Å². The molecule has 1 atom stereocenters. The second-order valence-corrected chi connectivity index (χ2v) is 3.69. The van der Waals surface area contributed by atoms with Gasteiger partial charge in [0.15, 0.2) is 5.12 Å². The normalized spacial score (nSPS) is 21.6. The van der Waals surface area contributed by atoms with Crippen LogP contribution in [0.15, 0.2) is 0 Å². The average Bonchev–Trinajstić information content (AvgIpc) is 2.50. The smallest absolute Gasteiger partial charge is 0.375 e. The van der Waals surface area contributed by atoms with E-state index in [0.717, 1.165) is 11.8 Å². The van der Waals surface area contributed by atoms with Crippen molar-refractivity contribution in [3.8, 4) is 0 Å². The number of carbonyl (C=O) groups excluding carboxylic acids is 3. The fraction of sp³-hybridized carbons (Fsp3) is 0.625. The Morgan fingerprint density at radius 3 is 2.77 bits per heavy atom. The summed E-state index contributed by atoms with van der Waals surface area (Å²) in [5.74, 6) is -1.72. The molecule has 13 heavy (non-hydrogen) atoms. The minimum absolute atomic E-state index is 0.165. The summed E-state index contributed by atoms with van der Waals surface area (Å²) in [6.45, 7) is 1.79. The van der Waals surface area contributed by atoms with Crippen LogP contribution in [0, 0.1) is 5.92 Å². The van der Waals surface area contributed by atoms with Gasteiger partial charge in [0.1, 0.15) is 0 Å². The Hall–Kier alpha value is -0.840. The Balaban J connectivity index is 2.56. The van der Waals surface area contributed by atoms with Crippen LogP contribution in [0.4, 0.5) is 0 Å². The Labute approximate surface area is 80.0 Å². The third kappa shape index (κ3) is 2.30. The van der Waals surface area contributed by atoms with Gasteiger partial charge in [-0.05, 0) is 13.3 Å². The standard InChI is InChI=1S/C8H10O4S/c1-2-12-7(10)6(9)5-3-4-13-8(5)11/h5H,2-4H2,1H3. The SMILES string of the molecule is CCOC(=O)C(=O)C1CCSC1=O. The molecule has 0 N–H and O–H groups in total. The minimum atomic E-state index is -0.886. The number of esters is 1. The Kier molecular flexibility index (Phi) is 3.48. The molecule has 1 saturated heterocycles. The van der Waals surface area contributed by atoms with E-state index in [1.807, 2.05) is 0 Å². The fourth-order valence-corrected chi connectivity index (χ4v) is 2.06. The van der Waals surface area contributed by atoms with Gasteiger partial charge in [0, 0.05) is 5.75 Å². The van der Waals surface area contributed by atoms with Gasteiger partial charge in [-0.2, -0.15) is 0 Å². The molecule has 1 aliphatic rings. The summed E-state index contributed by atoms with van der Waals surface area (Å²) < 4.78 is 4.51. The van der Waals surface area contributed by atoms with Crippen LogP contribution < -0.4 is 0 Å². The van der Waals surface area contributed by atoms with Gasteiger partial charge < -0.3 is 4.74 Å². The number of ketones is 1. The summed E-state index contributed by atoms with van der Waals surface area (Å²) in [7, 11) is 0.